The molecule has 0 saturated heterocycles. The largest absolute Gasteiger partial charge is 0.481 e. The minimum Gasteiger partial charge on any atom is -0.481 e. The molecule has 0 aliphatic heterocycles. The summed E-state index contributed by atoms with van der Waals surface area (Å²) in [5.41, 5.74) is -0.793. The number of hydrogen-bond acceptors (Lipinski definition) is 2. The van der Waals surface area contributed by atoms with Gasteiger partial charge in [0.25, 0.3) is 0 Å². The van der Waals surface area contributed by atoms with Crippen LogP contribution in [0.2, 0.25) is 0 Å². The van der Waals surface area contributed by atoms with Gasteiger partial charge in [-0.25, -0.2) is 0 Å². The Labute approximate surface area is 97.9 Å². The van der Waals surface area contributed by atoms with Gasteiger partial charge in [0.05, 0.1) is 11.5 Å². The summed E-state index contributed by atoms with van der Waals surface area (Å²) < 4.78 is 0. The van der Waals surface area contributed by atoms with Gasteiger partial charge in [-0.1, -0.05) is 27.7 Å². The number of hydrogen-bond donors (Lipinski definition) is 2. The molecule has 16 heavy (non-hydrogen) atoms. The van der Waals surface area contributed by atoms with Gasteiger partial charge in [-0.3, -0.25) is 4.79 Å². The van der Waals surface area contributed by atoms with Gasteiger partial charge in [-0.2, -0.15) is 0 Å². The quantitative estimate of drug-likeness (QED) is 0.780. The Hall–Kier alpha value is -0.570. The van der Waals surface area contributed by atoms with Crippen LogP contribution in [0.25, 0.3) is 0 Å². The van der Waals surface area contributed by atoms with E-state index in [1.807, 2.05) is 13.8 Å². The minimum atomic E-state index is -1.02. The fourth-order valence-electron chi connectivity index (χ4n) is 3.15. The molecule has 1 fully saturated rings. The first-order valence-electron chi connectivity index (χ1n) is 6.18. The third-order valence-electron chi connectivity index (χ3n) is 4.22. The molecule has 0 aromatic carbocycles. The zero-order valence-electron chi connectivity index (χ0n) is 10.8. The van der Waals surface area contributed by atoms with Crippen molar-refractivity contribution in [2.75, 3.05) is 0 Å². The number of carbonyl (C=O) groups is 1. The molecule has 3 atom stereocenters. The van der Waals surface area contributed by atoms with Crippen molar-refractivity contribution in [2.24, 2.45) is 17.3 Å². The molecule has 0 amide bonds. The average molecular weight is 228 g/mol. The van der Waals surface area contributed by atoms with Gasteiger partial charge in [0.15, 0.2) is 0 Å². The third kappa shape index (κ3) is 2.40. The molecule has 1 aliphatic carbocycles. The summed E-state index contributed by atoms with van der Waals surface area (Å²) in [6, 6.07) is 0. The maximum atomic E-state index is 11.2. The van der Waals surface area contributed by atoms with Crippen molar-refractivity contribution in [3.05, 3.63) is 0 Å². The maximum Gasteiger partial charge on any atom is 0.309 e. The maximum absolute atomic E-state index is 11.2. The molecule has 94 valence electrons. The summed E-state index contributed by atoms with van der Waals surface area (Å²) in [5, 5.41) is 19.8. The SMILES string of the molecule is CCC(C(=O)O)C1(O)CCC(C)(C)CC1C. The van der Waals surface area contributed by atoms with Crippen LogP contribution in [0, 0.1) is 17.3 Å². The van der Waals surface area contributed by atoms with E-state index in [1.54, 1.807) is 0 Å². The van der Waals surface area contributed by atoms with Crippen molar-refractivity contribution in [1.82, 2.24) is 0 Å². The lowest BCUT2D eigenvalue weighted by atomic mass is 9.61. The van der Waals surface area contributed by atoms with Crippen LogP contribution in [0.1, 0.15) is 53.4 Å². The summed E-state index contributed by atoms with van der Waals surface area (Å²) in [6.45, 7) is 8.19. The molecule has 2 N–H and O–H groups in total. The topological polar surface area (TPSA) is 57.5 Å². The van der Waals surface area contributed by atoms with Crippen LogP contribution in [-0.2, 0) is 4.79 Å². The van der Waals surface area contributed by atoms with Crippen molar-refractivity contribution in [2.45, 2.75) is 59.0 Å². The predicted octanol–water partition coefficient (Wildman–Crippen LogP) is 2.67. The number of rotatable bonds is 3. The molecule has 1 saturated carbocycles. The summed E-state index contributed by atoms with van der Waals surface area (Å²) in [5.74, 6) is -1.44. The van der Waals surface area contributed by atoms with Crippen LogP contribution in [0.5, 0.6) is 0 Å². The van der Waals surface area contributed by atoms with Crippen molar-refractivity contribution in [1.29, 1.82) is 0 Å². The van der Waals surface area contributed by atoms with Crippen molar-refractivity contribution < 1.29 is 15.0 Å². The van der Waals surface area contributed by atoms with E-state index >= 15 is 0 Å². The fourth-order valence-corrected chi connectivity index (χ4v) is 3.15. The van der Waals surface area contributed by atoms with E-state index in [2.05, 4.69) is 13.8 Å². The second-order valence-electron chi connectivity index (χ2n) is 6.06. The van der Waals surface area contributed by atoms with Crippen LogP contribution < -0.4 is 0 Å². The fraction of sp³-hybridized carbons (Fsp3) is 0.923. The van der Waals surface area contributed by atoms with Crippen molar-refractivity contribution >= 4 is 5.97 Å². The second kappa shape index (κ2) is 4.36. The Morgan fingerprint density at radius 1 is 1.44 bits per heavy atom. The predicted molar refractivity (Wildman–Crippen MR) is 63.2 cm³/mol. The summed E-state index contributed by atoms with van der Waals surface area (Å²) in [4.78, 5) is 11.2. The van der Waals surface area contributed by atoms with Crippen LogP contribution in [0.15, 0.2) is 0 Å². The Kier molecular flexibility index (Phi) is 3.68. The van der Waals surface area contributed by atoms with Gasteiger partial charge >= 0.3 is 5.97 Å². The zero-order chi connectivity index (χ0) is 12.6. The van der Waals surface area contributed by atoms with Gasteiger partial charge in [0.2, 0.25) is 0 Å². The lowest BCUT2D eigenvalue weighted by molar-refractivity contribution is -0.165. The highest BCUT2D eigenvalue weighted by molar-refractivity contribution is 5.71. The molecule has 3 unspecified atom stereocenters. The first kappa shape index (κ1) is 13.5. The second-order valence-corrected chi connectivity index (χ2v) is 6.06. The summed E-state index contributed by atoms with van der Waals surface area (Å²) in [7, 11) is 0. The summed E-state index contributed by atoms with van der Waals surface area (Å²) >= 11 is 0. The van der Waals surface area contributed by atoms with E-state index in [0.29, 0.717) is 12.8 Å². The van der Waals surface area contributed by atoms with Gasteiger partial charge in [-0.15, -0.1) is 0 Å². The molecule has 3 nitrogen and oxygen atoms in total. The molecular formula is C13H24O3. The first-order chi connectivity index (χ1) is 7.23. The molecule has 0 aromatic heterocycles. The first-order valence-corrected chi connectivity index (χ1v) is 6.18. The van der Waals surface area contributed by atoms with Gasteiger partial charge in [0, 0.05) is 0 Å². The van der Waals surface area contributed by atoms with E-state index in [-0.39, 0.29) is 11.3 Å². The van der Waals surface area contributed by atoms with Gasteiger partial charge in [0.1, 0.15) is 0 Å². The van der Waals surface area contributed by atoms with E-state index in [9.17, 15) is 15.0 Å². The number of carboxylic acid groups (broad SMARTS) is 1. The van der Waals surface area contributed by atoms with Crippen LogP contribution >= 0.6 is 0 Å². The van der Waals surface area contributed by atoms with Crippen LogP contribution in [0.3, 0.4) is 0 Å². The van der Waals surface area contributed by atoms with E-state index in [0.717, 1.165) is 12.8 Å². The molecule has 0 radical (unpaired) electrons. The van der Waals surface area contributed by atoms with E-state index in [4.69, 9.17) is 0 Å². The van der Waals surface area contributed by atoms with Crippen LogP contribution in [-0.4, -0.2) is 21.8 Å². The number of aliphatic carboxylic acids is 1. The molecule has 0 spiro atoms. The minimum absolute atomic E-state index is 0.0531. The molecule has 3 heteroatoms. The van der Waals surface area contributed by atoms with Crippen LogP contribution in [0.4, 0.5) is 0 Å². The molecular weight excluding hydrogens is 204 g/mol. The normalized spacial score (nSPS) is 35.7. The molecule has 1 aliphatic rings. The molecule has 0 aromatic rings. The lowest BCUT2D eigenvalue weighted by Crippen LogP contribution is -2.51. The molecule has 0 bridgehead atoms. The van der Waals surface area contributed by atoms with Gasteiger partial charge < -0.3 is 10.2 Å². The Balaban J connectivity index is 2.89. The highest BCUT2D eigenvalue weighted by atomic mass is 16.4. The monoisotopic (exact) mass is 228 g/mol. The number of aliphatic hydroxyl groups is 1. The Morgan fingerprint density at radius 3 is 2.38 bits per heavy atom. The van der Waals surface area contributed by atoms with E-state index < -0.39 is 17.5 Å². The summed E-state index contributed by atoms with van der Waals surface area (Å²) in [6.07, 6.45) is 2.90. The molecule has 1 rings (SSSR count). The zero-order valence-corrected chi connectivity index (χ0v) is 10.8. The van der Waals surface area contributed by atoms with Crippen molar-refractivity contribution in [3.63, 3.8) is 0 Å². The Morgan fingerprint density at radius 2 is 2.00 bits per heavy atom. The molecule has 0 heterocycles. The van der Waals surface area contributed by atoms with Crippen molar-refractivity contribution in [3.8, 4) is 0 Å². The lowest BCUT2D eigenvalue weighted by Gasteiger charge is -2.47. The highest BCUT2D eigenvalue weighted by Crippen LogP contribution is 2.47. The average Bonchev–Trinajstić information content (AvgIpc) is 2.12. The smallest absolute Gasteiger partial charge is 0.309 e. The Bertz CT molecular complexity index is 272. The standard InChI is InChI=1S/C13H24O3/c1-5-10(11(14)15)13(16)7-6-12(3,4)8-9(13)2/h9-10,16H,5-8H2,1-4H3,(H,14,15). The van der Waals surface area contributed by atoms with Gasteiger partial charge in [-0.05, 0) is 37.0 Å². The highest BCUT2D eigenvalue weighted by Gasteiger charge is 2.49. The number of carboxylic acids is 1. The van der Waals surface area contributed by atoms with E-state index in [1.165, 1.54) is 0 Å². The third-order valence-corrected chi connectivity index (χ3v) is 4.22.